The minimum absolute atomic E-state index is 0.0353. The number of hydrogen-bond acceptors (Lipinski definition) is 5. The zero-order valence-electron chi connectivity index (χ0n) is 14.8. The number of nitrogens with one attached hydrogen (secondary N) is 1. The molecule has 1 N–H and O–H groups in total. The second kappa shape index (κ2) is 7.09. The van der Waals surface area contributed by atoms with E-state index < -0.39 is 22.7 Å². The summed E-state index contributed by atoms with van der Waals surface area (Å²) in [5, 5.41) is -0.504. The van der Waals surface area contributed by atoms with Crippen LogP contribution in [-0.4, -0.2) is 27.2 Å². The minimum atomic E-state index is -4.71. The number of halogens is 3. The van der Waals surface area contributed by atoms with Crippen LogP contribution in [0.5, 0.6) is 0 Å². The van der Waals surface area contributed by atoms with Crippen molar-refractivity contribution in [2.24, 2.45) is 0 Å². The van der Waals surface area contributed by atoms with Gasteiger partial charge in [-0.3, -0.25) is 14.3 Å². The van der Waals surface area contributed by atoms with Crippen LogP contribution in [0, 0.1) is 11.7 Å². The molecule has 0 spiro atoms. The van der Waals surface area contributed by atoms with E-state index in [-0.39, 0.29) is 28.8 Å². The number of aromatic amines is 1. The summed E-state index contributed by atoms with van der Waals surface area (Å²) in [5.74, 6) is 0. The van der Waals surface area contributed by atoms with Crippen molar-refractivity contribution < 1.29 is 17.9 Å². The summed E-state index contributed by atoms with van der Waals surface area (Å²) >= 11 is 6.58. The van der Waals surface area contributed by atoms with Gasteiger partial charge in [-0.15, -0.1) is 11.3 Å². The van der Waals surface area contributed by atoms with E-state index in [0.29, 0.717) is 11.5 Å². The van der Waals surface area contributed by atoms with Crippen molar-refractivity contribution in [3.63, 3.8) is 0 Å². The van der Waals surface area contributed by atoms with Crippen molar-refractivity contribution in [2.75, 3.05) is 6.61 Å². The predicted octanol–water partition coefficient (Wildman–Crippen LogP) is 4.69. The Kier molecular flexibility index (Phi) is 4.88. The summed E-state index contributed by atoms with van der Waals surface area (Å²) in [5.41, 5.74) is -1.81. The summed E-state index contributed by atoms with van der Waals surface area (Å²) in [6.07, 6.45) is -3.23. The number of H-pyrrole nitrogens is 1. The Hall–Kier alpha value is -2.04. The van der Waals surface area contributed by atoms with Crippen molar-refractivity contribution in [1.82, 2.24) is 14.5 Å². The Morgan fingerprint density at radius 1 is 1.43 bits per heavy atom. The van der Waals surface area contributed by atoms with E-state index in [2.05, 4.69) is 9.97 Å². The van der Waals surface area contributed by atoms with E-state index >= 15 is 0 Å². The number of hydrogen-bond donors (Lipinski definition) is 1. The summed E-state index contributed by atoms with van der Waals surface area (Å²) in [6.45, 7) is 2.70. The molecule has 10 heteroatoms. The van der Waals surface area contributed by atoms with Gasteiger partial charge in [-0.25, -0.2) is 4.98 Å². The molecule has 1 aliphatic heterocycles. The van der Waals surface area contributed by atoms with E-state index in [1.54, 1.807) is 6.07 Å². The molecule has 28 heavy (non-hydrogen) atoms. The quantitative estimate of drug-likeness (QED) is 0.616. The highest BCUT2D eigenvalue weighted by Crippen LogP contribution is 2.37. The minimum Gasteiger partial charge on any atom is -0.376 e. The van der Waals surface area contributed by atoms with E-state index in [9.17, 15) is 18.0 Å². The lowest BCUT2D eigenvalue weighted by Crippen LogP contribution is -2.24. The number of aryl methyl sites for hydroxylation is 1. The molecule has 0 aliphatic carbocycles. The molecule has 1 atom stereocenters. The van der Waals surface area contributed by atoms with Crippen LogP contribution in [0.2, 0.25) is 0 Å². The Balaban J connectivity index is 2.03. The van der Waals surface area contributed by atoms with E-state index in [1.165, 1.54) is 15.9 Å². The van der Waals surface area contributed by atoms with Gasteiger partial charge in [-0.2, -0.15) is 13.2 Å². The van der Waals surface area contributed by atoms with E-state index in [4.69, 9.17) is 17.0 Å². The first kappa shape index (κ1) is 19.3. The molecular weight excluding hydrogens is 411 g/mol. The van der Waals surface area contributed by atoms with Crippen LogP contribution in [-0.2, 0) is 17.5 Å². The fraction of sp³-hybridized carbons (Fsp3) is 0.389. The number of aromatic nitrogens is 3. The molecule has 1 fully saturated rings. The van der Waals surface area contributed by atoms with Gasteiger partial charge in [0, 0.05) is 11.5 Å². The number of rotatable bonds is 3. The van der Waals surface area contributed by atoms with Crippen LogP contribution in [0.25, 0.3) is 21.6 Å². The molecule has 0 radical (unpaired) electrons. The maximum Gasteiger partial charge on any atom is 0.417 e. The Morgan fingerprint density at radius 2 is 2.21 bits per heavy atom. The number of thiophene rings is 1. The molecule has 5 nitrogen and oxygen atoms in total. The molecule has 148 valence electrons. The van der Waals surface area contributed by atoms with Crippen molar-refractivity contribution >= 4 is 34.6 Å². The maximum atomic E-state index is 13.8. The van der Waals surface area contributed by atoms with Gasteiger partial charge >= 0.3 is 6.18 Å². The largest absolute Gasteiger partial charge is 0.417 e. The van der Waals surface area contributed by atoms with E-state index in [1.807, 2.05) is 13.0 Å². The van der Waals surface area contributed by atoms with Crippen LogP contribution in [0.4, 0.5) is 13.2 Å². The molecule has 3 aromatic rings. The molecule has 0 unspecified atom stereocenters. The Bertz CT molecular complexity index is 1160. The average Bonchev–Trinajstić information content (AvgIpc) is 3.28. The second-order valence-corrected chi connectivity index (χ2v) is 8.34. The molecule has 0 bridgehead atoms. The van der Waals surface area contributed by atoms with Crippen LogP contribution >= 0.6 is 23.6 Å². The first-order valence-electron chi connectivity index (χ1n) is 8.67. The van der Waals surface area contributed by atoms with Crippen molar-refractivity contribution in [2.45, 2.75) is 38.6 Å². The molecule has 0 amide bonds. The Morgan fingerprint density at radius 3 is 2.82 bits per heavy atom. The van der Waals surface area contributed by atoms with Gasteiger partial charge in [0.05, 0.1) is 34.2 Å². The molecular formula is C18H16F3N3O2S2. The third kappa shape index (κ3) is 3.51. The monoisotopic (exact) mass is 427 g/mol. The number of fused-ring (bicyclic) bond motifs is 1. The lowest BCUT2D eigenvalue weighted by atomic mass is 10.1. The maximum absolute atomic E-state index is 13.8. The predicted molar refractivity (Wildman–Crippen MR) is 103 cm³/mol. The third-order valence-corrected chi connectivity index (χ3v) is 6.00. The smallest absolute Gasteiger partial charge is 0.376 e. The van der Waals surface area contributed by atoms with Crippen molar-refractivity contribution in [3.05, 3.63) is 43.8 Å². The molecule has 1 aliphatic rings. The van der Waals surface area contributed by atoms with Crippen LogP contribution < -0.4 is 5.56 Å². The highest BCUT2D eigenvalue weighted by atomic mass is 32.1. The number of ether oxygens (including phenoxy) is 1. The summed E-state index contributed by atoms with van der Waals surface area (Å²) in [4.78, 5) is 20.7. The number of pyridine rings is 1. The topological polar surface area (TPSA) is 59.9 Å². The molecule has 0 saturated carbocycles. The first-order chi connectivity index (χ1) is 13.2. The average molecular weight is 427 g/mol. The highest BCUT2D eigenvalue weighted by molar-refractivity contribution is 7.71. The first-order valence-corrected chi connectivity index (χ1v) is 9.90. The molecule has 4 heterocycles. The fourth-order valence-corrected chi connectivity index (χ4v) is 4.44. The third-order valence-electron chi connectivity index (χ3n) is 4.66. The standard InChI is InChI=1S/C18H16F3N3O2S2/c1-9-4-5-13(28-9)12-7-11(18(19,20)21)14-15(22-12)24(17(27)23-16(14)25)8-10-3-2-6-26-10/h4-5,7,10H,2-3,6,8H2,1H3,(H,23,25,27)/t10-/m0/s1. The number of alkyl halides is 3. The summed E-state index contributed by atoms with van der Waals surface area (Å²) in [7, 11) is 0. The van der Waals surface area contributed by atoms with Crippen LogP contribution in [0.15, 0.2) is 23.0 Å². The Labute approximate surface area is 166 Å². The van der Waals surface area contributed by atoms with Gasteiger partial charge < -0.3 is 4.74 Å². The fourth-order valence-electron chi connectivity index (χ4n) is 3.36. The zero-order valence-corrected chi connectivity index (χ0v) is 16.4. The highest BCUT2D eigenvalue weighted by Gasteiger charge is 2.36. The normalized spacial score (nSPS) is 17.5. The molecule has 0 aromatic carbocycles. The lowest BCUT2D eigenvalue weighted by molar-refractivity contribution is -0.136. The summed E-state index contributed by atoms with van der Waals surface area (Å²) in [6, 6.07) is 4.47. The van der Waals surface area contributed by atoms with Crippen molar-refractivity contribution in [1.29, 1.82) is 0 Å². The summed E-state index contributed by atoms with van der Waals surface area (Å²) < 4.78 is 48.5. The second-order valence-electron chi connectivity index (χ2n) is 6.67. The van der Waals surface area contributed by atoms with Gasteiger partial charge in [-0.05, 0) is 50.2 Å². The van der Waals surface area contributed by atoms with Crippen LogP contribution in [0.1, 0.15) is 23.3 Å². The zero-order chi connectivity index (χ0) is 20.1. The van der Waals surface area contributed by atoms with Crippen molar-refractivity contribution in [3.8, 4) is 10.6 Å². The van der Waals surface area contributed by atoms with Crippen LogP contribution in [0.3, 0.4) is 0 Å². The van der Waals surface area contributed by atoms with Gasteiger partial charge in [0.1, 0.15) is 5.65 Å². The SMILES string of the molecule is Cc1ccc(-c2cc(C(F)(F)F)c3c(=O)[nH]c(=S)n(C[C@@H]4CCCO4)c3n2)s1. The van der Waals surface area contributed by atoms with Gasteiger partial charge in [0.2, 0.25) is 0 Å². The molecule has 4 rings (SSSR count). The lowest BCUT2D eigenvalue weighted by Gasteiger charge is -2.17. The number of nitrogens with zero attached hydrogens (tertiary/aromatic N) is 2. The molecule has 3 aromatic heterocycles. The van der Waals surface area contributed by atoms with Gasteiger partial charge in [-0.1, -0.05) is 0 Å². The van der Waals surface area contributed by atoms with Gasteiger partial charge in [0.15, 0.2) is 4.77 Å². The van der Waals surface area contributed by atoms with E-state index in [0.717, 1.165) is 23.8 Å². The van der Waals surface area contributed by atoms with Gasteiger partial charge in [0.25, 0.3) is 5.56 Å². The molecule has 1 saturated heterocycles.